The first kappa shape index (κ1) is 16.7. The zero-order valence-electron chi connectivity index (χ0n) is 10.8. The standard InChI is InChI=1S/C12H10ClFN2O4S2/c13-8-1-6-11(14)12(7-8)16-22(19,20)10-4-2-9(3-5-10)21(15,17)18/h1-7,16H,(H2,15,17,18). The molecule has 0 bridgehead atoms. The number of primary sulfonamides is 1. The summed E-state index contributed by atoms with van der Waals surface area (Å²) >= 11 is 5.68. The lowest BCUT2D eigenvalue weighted by molar-refractivity contribution is 0.594. The number of nitrogens with one attached hydrogen (secondary N) is 1. The predicted octanol–water partition coefficient (Wildman–Crippen LogP) is 1.93. The lowest BCUT2D eigenvalue weighted by Gasteiger charge is -2.09. The minimum atomic E-state index is -4.10. The van der Waals surface area contributed by atoms with Gasteiger partial charge in [-0.1, -0.05) is 11.6 Å². The molecule has 2 aromatic carbocycles. The van der Waals surface area contributed by atoms with Gasteiger partial charge < -0.3 is 0 Å². The zero-order valence-corrected chi connectivity index (χ0v) is 13.2. The molecule has 0 aromatic heterocycles. The van der Waals surface area contributed by atoms with Crippen molar-refractivity contribution in [3.05, 3.63) is 53.3 Å². The van der Waals surface area contributed by atoms with Gasteiger partial charge in [-0.3, -0.25) is 4.72 Å². The lowest BCUT2D eigenvalue weighted by Crippen LogP contribution is -2.15. The minimum Gasteiger partial charge on any atom is -0.277 e. The fourth-order valence-electron chi connectivity index (χ4n) is 1.59. The summed E-state index contributed by atoms with van der Waals surface area (Å²) in [5.74, 6) is -0.797. The van der Waals surface area contributed by atoms with Crippen LogP contribution in [0, 0.1) is 5.82 Å². The third-order valence-corrected chi connectivity index (χ3v) is 5.18. The first-order valence-electron chi connectivity index (χ1n) is 5.70. The highest BCUT2D eigenvalue weighted by atomic mass is 35.5. The number of hydrogen-bond donors (Lipinski definition) is 2. The van der Waals surface area contributed by atoms with Crippen LogP contribution in [0.4, 0.5) is 10.1 Å². The van der Waals surface area contributed by atoms with Crippen molar-refractivity contribution in [2.24, 2.45) is 5.14 Å². The number of halogens is 2. The van der Waals surface area contributed by atoms with Crippen LogP contribution < -0.4 is 9.86 Å². The van der Waals surface area contributed by atoms with E-state index in [0.29, 0.717) is 0 Å². The van der Waals surface area contributed by atoms with Gasteiger partial charge in [0.15, 0.2) is 0 Å². The molecule has 22 heavy (non-hydrogen) atoms. The first-order valence-corrected chi connectivity index (χ1v) is 9.11. The van der Waals surface area contributed by atoms with Crippen molar-refractivity contribution in [2.75, 3.05) is 4.72 Å². The summed E-state index contributed by atoms with van der Waals surface area (Å²) in [7, 11) is -8.03. The fraction of sp³-hybridized carbons (Fsp3) is 0. The molecule has 6 nitrogen and oxygen atoms in total. The highest BCUT2D eigenvalue weighted by molar-refractivity contribution is 7.92. The molecule has 2 rings (SSSR count). The molecule has 0 aliphatic carbocycles. The van der Waals surface area contributed by atoms with Crippen molar-refractivity contribution in [3.8, 4) is 0 Å². The van der Waals surface area contributed by atoms with Crippen molar-refractivity contribution >= 4 is 37.3 Å². The Morgan fingerprint density at radius 2 is 1.50 bits per heavy atom. The maximum Gasteiger partial charge on any atom is 0.261 e. The van der Waals surface area contributed by atoms with Crippen LogP contribution in [-0.2, 0) is 20.0 Å². The summed E-state index contributed by atoms with van der Waals surface area (Å²) in [6.45, 7) is 0. The number of rotatable bonds is 4. The van der Waals surface area contributed by atoms with E-state index < -0.39 is 25.9 Å². The summed E-state index contributed by atoms with van der Waals surface area (Å²) in [6.07, 6.45) is 0. The smallest absolute Gasteiger partial charge is 0.261 e. The van der Waals surface area contributed by atoms with Crippen molar-refractivity contribution in [1.29, 1.82) is 0 Å². The number of sulfonamides is 2. The highest BCUT2D eigenvalue weighted by Gasteiger charge is 2.18. The molecule has 0 spiro atoms. The van der Waals surface area contributed by atoms with E-state index in [4.69, 9.17) is 16.7 Å². The normalized spacial score (nSPS) is 12.1. The highest BCUT2D eigenvalue weighted by Crippen LogP contribution is 2.23. The Balaban J connectivity index is 2.37. The molecule has 0 aliphatic heterocycles. The Morgan fingerprint density at radius 3 is 2.05 bits per heavy atom. The molecule has 0 fully saturated rings. The van der Waals surface area contributed by atoms with Gasteiger partial charge >= 0.3 is 0 Å². The molecule has 0 saturated carbocycles. The zero-order chi connectivity index (χ0) is 16.5. The molecule has 0 unspecified atom stereocenters. The minimum absolute atomic E-state index is 0.156. The third kappa shape index (κ3) is 3.74. The second-order valence-corrected chi connectivity index (χ2v) is 7.93. The molecule has 0 heterocycles. The molecule has 3 N–H and O–H groups in total. The Bertz CT molecular complexity index is 913. The van der Waals surface area contributed by atoms with Crippen LogP contribution >= 0.6 is 11.6 Å². The van der Waals surface area contributed by atoms with E-state index in [1.54, 1.807) is 0 Å². The van der Waals surface area contributed by atoms with E-state index in [9.17, 15) is 21.2 Å². The topological polar surface area (TPSA) is 106 Å². The van der Waals surface area contributed by atoms with Gasteiger partial charge in [0.05, 0.1) is 15.5 Å². The van der Waals surface area contributed by atoms with E-state index in [0.717, 1.165) is 36.4 Å². The van der Waals surface area contributed by atoms with Gasteiger partial charge in [0.1, 0.15) is 5.82 Å². The SMILES string of the molecule is NS(=O)(=O)c1ccc(S(=O)(=O)Nc2cc(Cl)ccc2F)cc1. The van der Waals surface area contributed by atoms with Crippen LogP contribution in [0.3, 0.4) is 0 Å². The molecule has 0 saturated heterocycles. The number of hydrogen-bond acceptors (Lipinski definition) is 4. The van der Waals surface area contributed by atoms with E-state index in [1.807, 2.05) is 4.72 Å². The van der Waals surface area contributed by atoms with Gasteiger partial charge in [-0.25, -0.2) is 26.4 Å². The predicted molar refractivity (Wildman–Crippen MR) is 80.0 cm³/mol. The van der Waals surface area contributed by atoms with Gasteiger partial charge in [0, 0.05) is 5.02 Å². The lowest BCUT2D eigenvalue weighted by atomic mass is 10.3. The molecule has 0 radical (unpaired) electrons. The van der Waals surface area contributed by atoms with Crippen LogP contribution in [0.15, 0.2) is 52.3 Å². The Morgan fingerprint density at radius 1 is 0.955 bits per heavy atom. The second kappa shape index (κ2) is 5.84. The Kier molecular flexibility index (Phi) is 4.43. The second-order valence-electron chi connectivity index (χ2n) is 4.25. The van der Waals surface area contributed by atoms with Crippen LogP contribution in [0.1, 0.15) is 0 Å². The number of benzene rings is 2. The Hall–Kier alpha value is -1.68. The van der Waals surface area contributed by atoms with Crippen LogP contribution in [0.5, 0.6) is 0 Å². The van der Waals surface area contributed by atoms with Crippen molar-refractivity contribution in [1.82, 2.24) is 0 Å². The largest absolute Gasteiger partial charge is 0.277 e. The van der Waals surface area contributed by atoms with Crippen LogP contribution in [0.25, 0.3) is 0 Å². The third-order valence-electron chi connectivity index (χ3n) is 2.64. The molecule has 118 valence electrons. The quantitative estimate of drug-likeness (QED) is 0.864. The van der Waals surface area contributed by atoms with Crippen molar-refractivity contribution in [2.45, 2.75) is 9.79 Å². The Labute approximate surface area is 131 Å². The van der Waals surface area contributed by atoms with Gasteiger partial charge in [0.25, 0.3) is 10.0 Å². The summed E-state index contributed by atoms with van der Waals surface area (Å²) in [6, 6.07) is 7.58. The van der Waals surface area contributed by atoms with Crippen LogP contribution in [0.2, 0.25) is 5.02 Å². The van der Waals surface area contributed by atoms with Crippen molar-refractivity contribution in [3.63, 3.8) is 0 Å². The van der Waals surface area contributed by atoms with E-state index in [-0.39, 0.29) is 20.5 Å². The molecule has 0 atom stereocenters. The first-order chi connectivity index (χ1) is 10.1. The molecular weight excluding hydrogens is 355 g/mol. The monoisotopic (exact) mass is 364 g/mol. The maximum atomic E-state index is 13.6. The summed E-state index contributed by atoms with van der Waals surface area (Å²) in [5.41, 5.74) is -0.317. The summed E-state index contributed by atoms with van der Waals surface area (Å²) < 4.78 is 62.1. The van der Waals surface area contributed by atoms with Gasteiger partial charge in [-0.05, 0) is 42.5 Å². The van der Waals surface area contributed by atoms with E-state index in [2.05, 4.69) is 0 Å². The maximum absolute atomic E-state index is 13.6. The molecule has 2 aromatic rings. The molecular formula is C12H10ClFN2O4S2. The van der Waals surface area contributed by atoms with Gasteiger partial charge in [-0.2, -0.15) is 0 Å². The molecule has 10 heteroatoms. The van der Waals surface area contributed by atoms with E-state index in [1.165, 1.54) is 6.07 Å². The number of nitrogens with two attached hydrogens (primary N) is 1. The van der Waals surface area contributed by atoms with Crippen molar-refractivity contribution < 1.29 is 21.2 Å². The summed E-state index contributed by atoms with van der Waals surface area (Å²) in [4.78, 5) is -0.486. The average molecular weight is 365 g/mol. The summed E-state index contributed by atoms with van der Waals surface area (Å²) in [5, 5.41) is 5.08. The van der Waals surface area contributed by atoms with Gasteiger partial charge in [-0.15, -0.1) is 0 Å². The molecule has 0 aliphatic rings. The van der Waals surface area contributed by atoms with E-state index >= 15 is 0 Å². The van der Waals surface area contributed by atoms with Crippen LogP contribution in [-0.4, -0.2) is 16.8 Å². The molecule has 0 amide bonds. The van der Waals surface area contributed by atoms with Gasteiger partial charge in [0.2, 0.25) is 10.0 Å². The average Bonchev–Trinajstić information content (AvgIpc) is 2.42. The fourth-order valence-corrected chi connectivity index (χ4v) is 3.33. The number of anilines is 1.